The molecule has 2 rings (SSSR count). The van der Waals surface area contributed by atoms with Crippen LogP contribution in [0.15, 0.2) is 24.3 Å². The van der Waals surface area contributed by atoms with E-state index in [1.54, 1.807) is 24.3 Å². The number of thiocarbonyl (C=S) groups is 1. The summed E-state index contributed by atoms with van der Waals surface area (Å²) in [5.41, 5.74) is 6.95. The summed E-state index contributed by atoms with van der Waals surface area (Å²) in [6.45, 7) is 3.92. The molecule has 1 amide bonds. The van der Waals surface area contributed by atoms with Gasteiger partial charge in [-0.3, -0.25) is 4.79 Å². The lowest BCUT2D eigenvalue weighted by molar-refractivity contribution is 0.0946. The van der Waals surface area contributed by atoms with Crippen LogP contribution >= 0.6 is 12.2 Å². The highest BCUT2D eigenvalue weighted by Crippen LogP contribution is 2.07. The topological polar surface area (TPSA) is 58.4 Å². The number of hydrogen-bond acceptors (Lipinski definition) is 3. The Morgan fingerprint density at radius 3 is 2.35 bits per heavy atom. The van der Waals surface area contributed by atoms with Gasteiger partial charge in [-0.05, 0) is 38.1 Å². The van der Waals surface area contributed by atoms with Crippen molar-refractivity contribution in [3.05, 3.63) is 35.4 Å². The molecular weight excluding hydrogens is 270 g/mol. The van der Waals surface area contributed by atoms with E-state index in [1.165, 1.54) is 19.3 Å². The van der Waals surface area contributed by atoms with Crippen LogP contribution in [0, 0.1) is 0 Å². The monoisotopic (exact) mass is 291 g/mol. The first-order valence-electron chi connectivity index (χ1n) is 7.07. The first kappa shape index (κ1) is 14.9. The average molecular weight is 291 g/mol. The molecule has 3 N–H and O–H groups in total. The molecule has 1 fully saturated rings. The fourth-order valence-corrected chi connectivity index (χ4v) is 2.53. The Bertz CT molecular complexity index is 467. The van der Waals surface area contributed by atoms with Crippen LogP contribution in [0.4, 0.5) is 0 Å². The Hall–Kier alpha value is -1.46. The van der Waals surface area contributed by atoms with Crippen LogP contribution in [0.25, 0.3) is 0 Å². The molecule has 0 spiro atoms. The van der Waals surface area contributed by atoms with E-state index >= 15 is 0 Å². The molecule has 1 aromatic carbocycles. The van der Waals surface area contributed by atoms with Crippen molar-refractivity contribution in [2.24, 2.45) is 5.73 Å². The van der Waals surface area contributed by atoms with E-state index in [0.29, 0.717) is 17.1 Å². The molecule has 1 aromatic rings. The minimum Gasteiger partial charge on any atom is -0.389 e. The number of rotatable bonds is 5. The Morgan fingerprint density at radius 2 is 1.75 bits per heavy atom. The number of carbonyl (C=O) groups excluding carboxylic acids is 1. The highest BCUT2D eigenvalue weighted by Gasteiger charge is 2.10. The van der Waals surface area contributed by atoms with E-state index in [9.17, 15) is 4.79 Å². The number of nitrogens with one attached hydrogen (secondary N) is 1. The Kier molecular flexibility index (Phi) is 5.49. The van der Waals surface area contributed by atoms with Crippen LogP contribution in [-0.4, -0.2) is 42.0 Å². The van der Waals surface area contributed by atoms with Gasteiger partial charge in [0.25, 0.3) is 5.91 Å². The summed E-state index contributed by atoms with van der Waals surface area (Å²) in [7, 11) is 0. The van der Waals surface area contributed by atoms with E-state index in [1.807, 2.05) is 0 Å². The largest absolute Gasteiger partial charge is 0.389 e. The second-order valence-electron chi connectivity index (χ2n) is 5.10. The van der Waals surface area contributed by atoms with E-state index in [0.717, 1.165) is 25.2 Å². The standard InChI is InChI=1S/C15H21N3OS/c16-14(20)12-4-6-13(7-5-12)15(19)17-8-11-18-9-2-1-3-10-18/h4-7H,1-3,8-11H2,(H2,16,20)(H,17,19). The summed E-state index contributed by atoms with van der Waals surface area (Å²) < 4.78 is 0. The molecule has 0 radical (unpaired) electrons. The van der Waals surface area contributed by atoms with Gasteiger partial charge >= 0.3 is 0 Å². The Balaban J connectivity index is 1.77. The summed E-state index contributed by atoms with van der Waals surface area (Å²) in [5, 5.41) is 2.95. The molecule has 0 aromatic heterocycles. The second-order valence-corrected chi connectivity index (χ2v) is 5.54. The molecule has 1 aliphatic rings. The van der Waals surface area contributed by atoms with Crippen LogP contribution < -0.4 is 11.1 Å². The fourth-order valence-electron chi connectivity index (χ4n) is 2.40. The number of benzene rings is 1. The lowest BCUT2D eigenvalue weighted by atomic mass is 10.1. The SMILES string of the molecule is NC(=S)c1ccc(C(=O)NCCN2CCCCC2)cc1. The summed E-state index contributed by atoms with van der Waals surface area (Å²) in [4.78, 5) is 14.7. The first-order valence-corrected chi connectivity index (χ1v) is 7.48. The smallest absolute Gasteiger partial charge is 0.251 e. The van der Waals surface area contributed by atoms with Gasteiger partial charge in [0, 0.05) is 24.2 Å². The van der Waals surface area contributed by atoms with Gasteiger partial charge < -0.3 is 16.0 Å². The predicted molar refractivity (Wildman–Crippen MR) is 85.0 cm³/mol. The number of carbonyl (C=O) groups is 1. The van der Waals surface area contributed by atoms with Gasteiger partial charge in [-0.2, -0.15) is 0 Å². The minimum atomic E-state index is -0.0449. The molecule has 4 nitrogen and oxygen atoms in total. The zero-order chi connectivity index (χ0) is 14.4. The molecule has 0 unspecified atom stereocenters. The van der Waals surface area contributed by atoms with Gasteiger partial charge in [0.05, 0.1) is 0 Å². The number of piperidine rings is 1. The third kappa shape index (κ3) is 4.28. The Morgan fingerprint density at radius 1 is 1.15 bits per heavy atom. The van der Waals surface area contributed by atoms with Crippen molar-refractivity contribution < 1.29 is 4.79 Å². The molecule has 1 heterocycles. The van der Waals surface area contributed by atoms with Gasteiger partial charge in [0.15, 0.2) is 0 Å². The zero-order valence-electron chi connectivity index (χ0n) is 11.6. The maximum Gasteiger partial charge on any atom is 0.251 e. The van der Waals surface area contributed by atoms with Gasteiger partial charge in [-0.15, -0.1) is 0 Å². The number of nitrogens with zero attached hydrogens (tertiary/aromatic N) is 1. The number of likely N-dealkylation sites (tertiary alicyclic amines) is 1. The average Bonchev–Trinajstić information content (AvgIpc) is 2.48. The number of nitrogens with two attached hydrogens (primary N) is 1. The third-order valence-corrected chi connectivity index (χ3v) is 3.83. The normalized spacial score (nSPS) is 15.8. The van der Waals surface area contributed by atoms with Crippen molar-refractivity contribution in [3.63, 3.8) is 0 Å². The maximum absolute atomic E-state index is 12.0. The maximum atomic E-state index is 12.0. The molecule has 1 saturated heterocycles. The quantitative estimate of drug-likeness (QED) is 0.808. The first-order chi connectivity index (χ1) is 9.66. The predicted octanol–water partition coefficient (Wildman–Crippen LogP) is 1.54. The van der Waals surface area contributed by atoms with Gasteiger partial charge in [0.1, 0.15) is 4.99 Å². The van der Waals surface area contributed by atoms with E-state index in [2.05, 4.69) is 10.2 Å². The highest BCUT2D eigenvalue weighted by molar-refractivity contribution is 7.80. The van der Waals surface area contributed by atoms with Crippen LogP contribution in [0.5, 0.6) is 0 Å². The van der Waals surface area contributed by atoms with E-state index < -0.39 is 0 Å². The van der Waals surface area contributed by atoms with Gasteiger partial charge in [-0.1, -0.05) is 30.8 Å². The highest BCUT2D eigenvalue weighted by atomic mass is 32.1. The third-order valence-electron chi connectivity index (χ3n) is 3.59. The van der Waals surface area contributed by atoms with Crippen molar-refractivity contribution in [1.82, 2.24) is 10.2 Å². The molecule has 0 bridgehead atoms. The van der Waals surface area contributed by atoms with Crippen LogP contribution in [0.3, 0.4) is 0 Å². The lowest BCUT2D eigenvalue weighted by Gasteiger charge is -2.26. The van der Waals surface area contributed by atoms with E-state index in [-0.39, 0.29) is 5.91 Å². The van der Waals surface area contributed by atoms with Crippen molar-refractivity contribution >= 4 is 23.1 Å². The van der Waals surface area contributed by atoms with Crippen LogP contribution in [0.2, 0.25) is 0 Å². The minimum absolute atomic E-state index is 0.0449. The summed E-state index contributed by atoms with van der Waals surface area (Å²) in [6, 6.07) is 7.07. The summed E-state index contributed by atoms with van der Waals surface area (Å²) in [5.74, 6) is -0.0449. The van der Waals surface area contributed by atoms with Gasteiger partial charge in [0.2, 0.25) is 0 Å². The molecule has 0 aliphatic carbocycles. The molecule has 1 aliphatic heterocycles. The summed E-state index contributed by atoms with van der Waals surface area (Å²) >= 11 is 4.89. The van der Waals surface area contributed by atoms with Crippen molar-refractivity contribution in [3.8, 4) is 0 Å². The molecular formula is C15H21N3OS. The van der Waals surface area contributed by atoms with Crippen molar-refractivity contribution in [2.75, 3.05) is 26.2 Å². The van der Waals surface area contributed by atoms with Crippen molar-refractivity contribution in [1.29, 1.82) is 0 Å². The van der Waals surface area contributed by atoms with Crippen molar-refractivity contribution in [2.45, 2.75) is 19.3 Å². The molecule has 0 saturated carbocycles. The molecule has 0 atom stereocenters. The summed E-state index contributed by atoms with van der Waals surface area (Å²) in [6.07, 6.45) is 3.88. The lowest BCUT2D eigenvalue weighted by Crippen LogP contribution is -2.37. The fraction of sp³-hybridized carbons (Fsp3) is 0.467. The molecule has 20 heavy (non-hydrogen) atoms. The zero-order valence-corrected chi connectivity index (χ0v) is 12.4. The second kappa shape index (κ2) is 7.36. The Labute approximate surface area is 125 Å². The van der Waals surface area contributed by atoms with E-state index in [4.69, 9.17) is 18.0 Å². The van der Waals surface area contributed by atoms with Crippen LogP contribution in [0.1, 0.15) is 35.2 Å². The molecule has 5 heteroatoms. The van der Waals surface area contributed by atoms with Crippen LogP contribution in [-0.2, 0) is 0 Å². The number of amides is 1. The number of hydrogen-bond donors (Lipinski definition) is 2. The molecule has 108 valence electrons. The van der Waals surface area contributed by atoms with Gasteiger partial charge in [-0.25, -0.2) is 0 Å².